The third kappa shape index (κ3) is 2.52. The van der Waals surface area contributed by atoms with E-state index in [0.717, 1.165) is 11.1 Å². The molecule has 0 spiro atoms. The van der Waals surface area contributed by atoms with E-state index < -0.39 is 15.3 Å². The summed E-state index contributed by atoms with van der Waals surface area (Å²) in [5.74, 6) is -0.448. The standard InChI is InChI=1S/C20H20N2O3S/c1-11-7-8-14(9-12(11)2)22-26(24,25)19-13(3)10-17-18-15(19)5-4-6-16(18)20(23)21-17/h4-10,13,19,22H,1-3H3,(H,21,23). The van der Waals surface area contributed by atoms with Crippen LogP contribution in [-0.4, -0.2) is 14.3 Å². The second-order valence-electron chi connectivity index (χ2n) is 7.03. The van der Waals surface area contributed by atoms with E-state index in [0.29, 0.717) is 28.1 Å². The van der Waals surface area contributed by atoms with Crippen molar-refractivity contribution in [3.05, 3.63) is 70.3 Å². The number of amides is 1. The molecule has 4 rings (SSSR count). The summed E-state index contributed by atoms with van der Waals surface area (Å²) in [5, 5.41) is 2.08. The zero-order chi connectivity index (χ0) is 18.6. The highest BCUT2D eigenvalue weighted by Gasteiger charge is 2.41. The van der Waals surface area contributed by atoms with Crippen LogP contribution in [0.1, 0.15) is 44.8 Å². The summed E-state index contributed by atoms with van der Waals surface area (Å²) >= 11 is 0. The molecule has 1 amide bonds. The molecule has 2 N–H and O–H groups in total. The maximum Gasteiger partial charge on any atom is 0.256 e. The minimum atomic E-state index is -3.69. The predicted molar refractivity (Wildman–Crippen MR) is 102 cm³/mol. The summed E-state index contributed by atoms with van der Waals surface area (Å²) in [7, 11) is -3.69. The van der Waals surface area contributed by atoms with Gasteiger partial charge in [-0.15, -0.1) is 0 Å². The molecule has 0 aromatic heterocycles. The third-order valence-electron chi connectivity index (χ3n) is 5.17. The minimum absolute atomic E-state index is 0.180. The van der Waals surface area contributed by atoms with Crippen molar-refractivity contribution in [2.24, 2.45) is 5.92 Å². The van der Waals surface area contributed by atoms with Crippen molar-refractivity contribution in [2.75, 3.05) is 4.72 Å². The summed E-state index contributed by atoms with van der Waals surface area (Å²) < 4.78 is 29.1. The molecule has 1 aliphatic heterocycles. The van der Waals surface area contributed by atoms with E-state index in [9.17, 15) is 13.2 Å². The fraction of sp³-hybridized carbons (Fsp3) is 0.250. The van der Waals surface area contributed by atoms with E-state index in [1.54, 1.807) is 24.3 Å². The molecule has 134 valence electrons. The van der Waals surface area contributed by atoms with Gasteiger partial charge in [0.05, 0.1) is 0 Å². The van der Waals surface area contributed by atoms with Crippen LogP contribution in [0.25, 0.3) is 5.70 Å². The SMILES string of the molecule is Cc1ccc(NS(=O)(=O)C2c3cccc4c3C(=CC2C)NC4=O)cc1C. The van der Waals surface area contributed by atoms with Crippen LogP contribution in [-0.2, 0) is 10.0 Å². The molecule has 2 aliphatic rings. The molecule has 2 unspecified atom stereocenters. The van der Waals surface area contributed by atoms with Gasteiger partial charge in [-0.25, -0.2) is 8.42 Å². The van der Waals surface area contributed by atoms with Crippen LogP contribution in [0.3, 0.4) is 0 Å². The van der Waals surface area contributed by atoms with E-state index in [1.807, 2.05) is 39.0 Å². The van der Waals surface area contributed by atoms with Crippen molar-refractivity contribution in [3.63, 3.8) is 0 Å². The van der Waals surface area contributed by atoms with Crippen LogP contribution in [0.15, 0.2) is 42.5 Å². The van der Waals surface area contributed by atoms with Gasteiger partial charge in [0.1, 0.15) is 5.25 Å². The summed E-state index contributed by atoms with van der Waals surface area (Å²) in [6.45, 7) is 5.80. The molecule has 26 heavy (non-hydrogen) atoms. The molecule has 0 bridgehead atoms. The van der Waals surface area contributed by atoms with Gasteiger partial charge in [-0.3, -0.25) is 9.52 Å². The smallest absolute Gasteiger partial charge is 0.256 e. The number of anilines is 1. The van der Waals surface area contributed by atoms with Crippen molar-refractivity contribution in [1.29, 1.82) is 0 Å². The number of nitrogens with one attached hydrogen (secondary N) is 2. The maximum absolute atomic E-state index is 13.2. The quantitative estimate of drug-likeness (QED) is 0.870. The normalized spacial score (nSPS) is 21.0. The second kappa shape index (κ2) is 5.71. The van der Waals surface area contributed by atoms with Gasteiger partial charge < -0.3 is 5.32 Å². The highest BCUT2D eigenvalue weighted by molar-refractivity contribution is 7.93. The van der Waals surface area contributed by atoms with Crippen LogP contribution in [0.5, 0.6) is 0 Å². The monoisotopic (exact) mass is 368 g/mol. The van der Waals surface area contributed by atoms with Gasteiger partial charge in [0.15, 0.2) is 0 Å². The average Bonchev–Trinajstić information content (AvgIpc) is 2.88. The number of allylic oxidation sites excluding steroid dienone is 1. The first-order valence-electron chi connectivity index (χ1n) is 8.53. The number of carbonyl (C=O) groups excluding carboxylic acids is 1. The van der Waals surface area contributed by atoms with Gasteiger partial charge in [0, 0.05) is 22.5 Å². The van der Waals surface area contributed by atoms with Crippen molar-refractivity contribution in [3.8, 4) is 0 Å². The van der Waals surface area contributed by atoms with Crippen molar-refractivity contribution in [1.82, 2.24) is 5.32 Å². The third-order valence-corrected chi connectivity index (χ3v) is 7.05. The molecule has 1 aliphatic carbocycles. The lowest BCUT2D eigenvalue weighted by atomic mass is 9.87. The van der Waals surface area contributed by atoms with E-state index in [2.05, 4.69) is 10.0 Å². The molecule has 0 saturated carbocycles. The fourth-order valence-electron chi connectivity index (χ4n) is 3.79. The van der Waals surface area contributed by atoms with Crippen LogP contribution in [0.2, 0.25) is 0 Å². The van der Waals surface area contributed by atoms with Gasteiger partial charge in [0.2, 0.25) is 10.0 Å². The number of aryl methyl sites for hydroxylation is 2. The Kier molecular flexibility index (Phi) is 3.70. The van der Waals surface area contributed by atoms with Crippen LogP contribution in [0, 0.1) is 19.8 Å². The summed E-state index contributed by atoms with van der Waals surface area (Å²) in [5.41, 5.74) is 5.32. The lowest BCUT2D eigenvalue weighted by molar-refractivity contribution is 0.0981. The van der Waals surface area contributed by atoms with Gasteiger partial charge in [-0.05, 0) is 54.7 Å². The molecule has 0 fully saturated rings. The zero-order valence-corrected chi connectivity index (χ0v) is 15.6. The van der Waals surface area contributed by atoms with Crippen molar-refractivity contribution in [2.45, 2.75) is 26.0 Å². The first kappa shape index (κ1) is 16.8. The summed E-state index contributed by atoms with van der Waals surface area (Å²) in [6, 6.07) is 10.8. The lowest BCUT2D eigenvalue weighted by Gasteiger charge is -2.29. The highest BCUT2D eigenvalue weighted by atomic mass is 32.2. The first-order chi connectivity index (χ1) is 12.3. The van der Waals surface area contributed by atoms with E-state index >= 15 is 0 Å². The van der Waals surface area contributed by atoms with Gasteiger partial charge >= 0.3 is 0 Å². The Hall–Kier alpha value is -2.60. The highest BCUT2D eigenvalue weighted by Crippen LogP contribution is 2.44. The number of carbonyl (C=O) groups is 1. The number of hydrogen-bond donors (Lipinski definition) is 2. The van der Waals surface area contributed by atoms with Gasteiger partial charge in [0.25, 0.3) is 5.91 Å². The molecule has 5 nitrogen and oxygen atoms in total. The summed E-state index contributed by atoms with van der Waals surface area (Å²) in [6.07, 6.45) is 1.83. The molecule has 0 saturated heterocycles. The van der Waals surface area contributed by atoms with Crippen molar-refractivity contribution < 1.29 is 13.2 Å². The fourth-order valence-corrected chi connectivity index (χ4v) is 5.55. The molecule has 2 atom stereocenters. The number of hydrogen-bond acceptors (Lipinski definition) is 3. The minimum Gasteiger partial charge on any atom is -0.322 e. The van der Waals surface area contributed by atoms with Gasteiger partial charge in [-0.1, -0.05) is 31.2 Å². The molecule has 2 aromatic carbocycles. The molecule has 2 aromatic rings. The maximum atomic E-state index is 13.2. The number of benzene rings is 2. The number of sulfonamides is 1. The Morgan fingerprint density at radius 2 is 1.85 bits per heavy atom. The molecular weight excluding hydrogens is 348 g/mol. The predicted octanol–water partition coefficient (Wildman–Crippen LogP) is 3.52. The molecular formula is C20H20N2O3S. The molecule has 0 radical (unpaired) electrons. The Morgan fingerprint density at radius 3 is 2.58 bits per heavy atom. The van der Waals surface area contributed by atoms with Crippen molar-refractivity contribution >= 4 is 27.3 Å². The van der Waals surface area contributed by atoms with Crippen LogP contribution in [0.4, 0.5) is 5.69 Å². The second-order valence-corrected chi connectivity index (χ2v) is 8.83. The van der Waals surface area contributed by atoms with E-state index in [-0.39, 0.29) is 11.8 Å². The van der Waals surface area contributed by atoms with E-state index in [4.69, 9.17) is 0 Å². The largest absolute Gasteiger partial charge is 0.322 e. The molecule has 6 heteroatoms. The first-order valence-corrected chi connectivity index (χ1v) is 10.1. The van der Waals surface area contributed by atoms with Gasteiger partial charge in [-0.2, -0.15) is 0 Å². The van der Waals surface area contributed by atoms with E-state index in [1.165, 1.54) is 0 Å². The Morgan fingerprint density at radius 1 is 1.08 bits per heavy atom. The summed E-state index contributed by atoms with van der Waals surface area (Å²) in [4.78, 5) is 12.1. The zero-order valence-electron chi connectivity index (χ0n) is 14.8. The Labute approximate surface area is 153 Å². The molecule has 1 heterocycles. The average molecular weight is 368 g/mol. The Balaban J connectivity index is 1.78. The van der Waals surface area contributed by atoms with Crippen LogP contribution >= 0.6 is 0 Å². The topological polar surface area (TPSA) is 75.3 Å². The number of rotatable bonds is 3. The lowest BCUT2D eigenvalue weighted by Crippen LogP contribution is -2.29. The van der Waals surface area contributed by atoms with Crippen LogP contribution < -0.4 is 10.0 Å². The Bertz CT molecular complexity index is 1070.